The van der Waals surface area contributed by atoms with Gasteiger partial charge < -0.3 is 5.73 Å². The molecule has 0 aliphatic rings. The highest BCUT2D eigenvalue weighted by molar-refractivity contribution is 8.02. The first-order chi connectivity index (χ1) is 6.19. The minimum absolute atomic E-state index is 0.613. The largest absolute Gasteiger partial charge is 0.398 e. The fourth-order valence-electron chi connectivity index (χ4n) is 1.10. The van der Waals surface area contributed by atoms with E-state index in [1.54, 1.807) is 5.41 Å². The number of anilines is 1. The van der Waals surface area contributed by atoms with Crippen LogP contribution in [-0.4, -0.2) is 0 Å². The topological polar surface area (TPSA) is 49.8 Å². The van der Waals surface area contributed by atoms with Crippen LogP contribution in [0.1, 0.15) is 11.1 Å². The third-order valence-electron chi connectivity index (χ3n) is 1.58. The maximum absolute atomic E-state index is 8.84. The molecule has 0 aliphatic carbocycles. The summed E-state index contributed by atoms with van der Waals surface area (Å²) in [6.07, 6.45) is 0. The quantitative estimate of drug-likeness (QED) is 0.576. The second kappa shape index (κ2) is 4.01. The molecule has 0 unspecified atom stereocenters. The molecule has 0 saturated carbocycles. The van der Waals surface area contributed by atoms with Crippen LogP contribution < -0.4 is 5.73 Å². The smallest absolute Gasteiger partial charge is 0.100 e. The van der Waals surface area contributed by atoms with Crippen molar-refractivity contribution < 1.29 is 0 Å². The van der Waals surface area contributed by atoms with Gasteiger partial charge in [-0.1, -0.05) is 18.3 Å². The van der Waals surface area contributed by atoms with Gasteiger partial charge in [-0.2, -0.15) is 5.26 Å². The molecule has 0 fully saturated rings. The van der Waals surface area contributed by atoms with Gasteiger partial charge in [0.1, 0.15) is 6.07 Å². The summed E-state index contributed by atoms with van der Waals surface area (Å²) in [7, 11) is 0. The first-order valence-electron chi connectivity index (χ1n) is 3.77. The number of nitrogens with zero attached hydrogens (tertiary/aromatic N) is 1. The van der Waals surface area contributed by atoms with Gasteiger partial charge in [0.25, 0.3) is 0 Å². The second-order valence-corrected chi connectivity index (χ2v) is 3.60. The van der Waals surface area contributed by atoms with Gasteiger partial charge in [0.2, 0.25) is 0 Å². The number of rotatable bonds is 2. The lowest BCUT2D eigenvalue weighted by molar-refractivity contribution is 1.33. The maximum atomic E-state index is 8.84. The molecular weight excluding hydrogens is 180 g/mol. The van der Waals surface area contributed by atoms with E-state index in [1.807, 2.05) is 19.1 Å². The number of hydrogen-bond acceptors (Lipinski definition) is 3. The highest BCUT2D eigenvalue weighted by Gasteiger charge is 2.05. The van der Waals surface area contributed by atoms with Crippen molar-refractivity contribution in [3.63, 3.8) is 0 Å². The molecule has 0 spiro atoms. The lowest BCUT2D eigenvalue weighted by Crippen LogP contribution is -1.92. The fourth-order valence-corrected chi connectivity index (χ4v) is 1.69. The van der Waals surface area contributed by atoms with Crippen molar-refractivity contribution >= 4 is 17.4 Å². The number of nitrogen functional groups attached to an aromatic ring is 1. The summed E-state index contributed by atoms with van der Waals surface area (Å²) in [5, 5.41) is 10.5. The van der Waals surface area contributed by atoms with Gasteiger partial charge in [-0.3, -0.25) is 0 Å². The monoisotopic (exact) mass is 190 g/mol. The van der Waals surface area contributed by atoms with Gasteiger partial charge in [-0.25, -0.2) is 0 Å². The number of thioether (sulfide) groups is 1. The Bertz CT molecular complexity index is 377. The summed E-state index contributed by atoms with van der Waals surface area (Å²) in [5.41, 5.74) is 8.02. The van der Waals surface area contributed by atoms with Crippen LogP contribution in [0.5, 0.6) is 0 Å². The van der Waals surface area contributed by atoms with E-state index in [4.69, 9.17) is 11.0 Å². The molecule has 13 heavy (non-hydrogen) atoms. The van der Waals surface area contributed by atoms with Crippen molar-refractivity contribution in [1.29, 1.82) is 5.26 Å². The van der Waals surface area contributed by atoms with E-state index in [9.17, 15) is 0 Å². The predicted octanol–water partition coefficient (Wildman–Crippen LogP) is 2.68. The van der Waals surface area contributed by atoms with Crippen LogP contribution in [0.2, 0.25) is 0 Å². The molecule has 66 valence electrons. The first kappa shape index (κ1) is 9.69. The van der Waals surface area contributed by atoms with Crippen LogP contribution in [0.4, 0.5) is 5.69 Å². The molecule has 2 nitrogen and oxygen atoms in total. The zero-order chi connectivity index (χ0) is 9.84. The van der Waals surface area contributed by atoms with Gasteiger partial charge in [0.15, 0.2) is 0 Å². The third-order valence-corrected chi connectivity index (χ3v) is 2.44. The summed E-state index contributed by atoms with van der Waals surface area (Å²) in [6, 6.07) is 5.79. The summed E-state index contributed by atoms with van der Waals surface area (Å²) >= 11 is 1.38. The molecule has 1 aromatic carbocycles. The molecular formula is C10H10N2S. The minimum atomic E-state index is 0.613. The van der Waals surface area contributed by atoms with Crippen LogP contribution >= 0.6 is 11.8 Å². The highest BCUT2D eigenvalue weighted by atomic mass is 32.2. The van der Waals surface area contributed by atoms with E-state index in [2.05, 4.69) is 12.6 Å². The van der Waals surface area contributed by atoms with Gasteiger partial charge in [-0.05, 0) is 30.0 Å². The molecule has 3 heteroatoms. The summed E-state index contributed by atoms with van der Waals surface area (Å²) < 4.78 is 0. The molecule has 0 aliphatic heterocycles. The molecule has 2 N–H and O–H groups in total. The standard InChI is InChI=1S/C10H10N2S/c1-3-13-10-8(6-11)4-7(2)5-9(10)12/h3-5H,1,12H2,2H3. The fraction of sp³-hybridized carbons (Fsp3) is 0.100. The van der Waals surface area contributed by atoms with Crippen LogP contribution in [-0.2, 0) is 0 Å². The van der Waals surface area contributed by atoms with Gasteiger partial charge in [0, 0.05) is 5.69 Å². The number of aryl methyl sites for hydroxylation is 1. The Hall–Kier alpha value is -1.40. The van der Waals surface area contributed by atoms with Gasteiger partial charge >= 0.3 is 0 Å². The van der Waals surface area contributed by atoms with Gasteiger partial charge in [-0.15, -0.1) is 0 Å². The van der Waals surface area contributed by atoms with Crippen LogP contribution in [0.3, 0.4) is 0 Å². The molecule has 0 bridgehead atoms. The van der Waals surface area contributed by atoms with E-state index in [-0.39, 0.29) is 0 Å². The Morgan fingerprint density at radius 1 is 1.62 bits per heavy atom. The first-order valence-corrected chi connectivity index (χ1v) is 4.64. The molecule has 0 atom stereocenters. The number of hydrogen-bond donors (Lipinski definition) is 1. The van der Waals surface area contributed by atoms with Crippen molar-refractivity contribution in [2.75, 3.05) is 5.73 Å². The van der Waals surface area contributed by atoms with E-state index >= 15 is 0 Å². The summed E-state index contributed by atoms with van der Waals surface area (Å²) in [6.45, 7) is 5.51. The van der Waals surface area contributed by atoms with E-state index in [1.165, 1.54) is 11.8 Å². The second-order valence-electron chi connectivity index (χ2n) is 2.63. The maximum Gasteiger partial charge on any atom is 0.100 e. The van der Waals surface area contributed by atoms with Crippen molar-refractivity contribution in [2.24, 2.45) is 0 Å². The molecule has 0 amide bonds. The number of benzene rings is 1. The molecule has 0 aromatic heterocycles. The van der Waals surface area contributed by atoms with E-state index < -0.39 is 0 Å². The zero-order valence-corrected chi connectivity index (χ0v) is 8.19. The average molecular weight is 190 g/mol. The van der Waals surface area contributed by atoms with Crippen LogP contribution in [0, 0.1) is 18.3 Å². The molecule has 0 radical (unpaired) electrons. The molecule has 0 saturated heterocycles. The Labute approximate surface area is 82.1 Å². The summed E-state index contributed by atoms with van der Waals surface area (Å²) in [5.74, 6) is 0. The van der Waals surface area contributed by atoms with Crippen LogP contribution in [0.15, 0.2) is 29.0 Å². The lowest BCUT2D eigenvalue weighted by atomic mass is 10.1. The Morgan fingerprint density at radius 3 is 2.85 bits per heavy atom. The number of nitriles is 1. The Kier molecular flexibility index (Phi) is 2.99. The van der Waals surface area contributed by atoms with Crippen LogP contribution in [0.25, 0.3) is 0 Å². The van der Waals surface area contributed by atoms with Crippen molar-refractivity contribution in [3.05, 3.63) is 35.2 Å². The van der Waals surface area contributed by atoms with Crippen molar-refractivity contribution in [2.45, 2.75) is 11.8 Å². The predicted molar refractivity (Wildman–Crippen MR) is 56.4 cm³/mol. The normalized spacial score (nSPS) is 9.23. The Balaban J connectivity index is 3.31. The third kappa shape index (κ3) is 2.04. The van der Waals surface area contributed by atoms with E-state index in [0.29, 0.717) is 11.3 Å². The van der Waals surface area contributed by atoms with Crippen molar-refractivity contribution in [1.82, 2.24) is 0 Å². The molecule has 1 aromatic rings. The van der Waals surface area contributed by atoms with Gasteiger partial charge in [0.05, 0.1) is 10.5 Å². The SMILES string of the molecule is C=CSc1c(N)cc(C)cc1C#N. The zero-order valence-electron chi connectivity index (χ0n) is 7.37. The Morgan fingerprint density at radius 2 is 2.31 bits per heavy atom. The highest BCUT2D eigenvalue weighted by Crippen LogP contribution is 2.30. The molecule has 1 rings (SSSR count). The minimum Gasteiger partial charge on any atom is -0.398 e. The van der Waals surface area contributed by atoms with E-state index in [0.717, 1.165) is 10.5 Å². The average Bonchev–Trinajstić information content (AvgIpc) is 2.09. The lowest BCUT2D eigenvalue weighted by Gasteiger charge is -2.05. The summed E-state index contributed by atoms with van der Waals surface area (Å²) in [4.78, 5) is 0.795. The van der Waals surface area contributed by atoms with Crippen molar-refractivity contribution in [3.8, 4) is 6.07 Å². The number of nitrogens with two attached hydrogens (primary N) is 1. The molecule has 0 heterocycles.